The van der Waals surface area contributed by atoms with Gasteiger partial charge in [0.2, 0.25) is 0 Å². The van der Waals surface area contributed by atoms with E-state index in [1.54, 1.807) is 0 Å². The minimum Gasteiger partial charge on any atom is -0.456 e. The van der Waals surface area contributed by atoms with Crippen LogP contribution in [0, 0.1) is 0 Å². The van der Waals surface area contributed by atoms with Crippen LogP contribution in [0.1, 0.15) is 103 Å². The van der Waals surface area contributed by atoms with Gasteiger partial charge in [0.05, 0.1) is 0 Å². The predicted octanol–water partition coefficient (Wildman–Crippen LogP) is 15.9. The van der Waals surface area contributed by atoms with E-state index in [4.69, 9.17) is 4.42 Å². The molecule has 0 unspecified atom stereocenters. The quantitative estimate of drug-likeness (QED) is 0.178. The van der Waals surface area contributed by atoms with Crippen molar-refractivity contribution in [2.45, 2.75) is 90.9 Å². The van der Waals surface area contributed by atoms with Crippen molar-refractivity contribution in [2.75, 3.05) is 4.90 Å². The molecule has 0 N–H and O–H groups in total. The zero-order chi connectivity index (χ0) is 40.5. The highest BCUT2D eigenvalue weighted by molar-refractivity contribution is 6.09. The summed E-state index contributed by atoms with van der Waals surface area (Å²) in [7, 11) is 0. The van der Waals surface area contributed by atoms with Gasteiger partial charge in [0.1, 0.15) is 11.2 Å². The highest BCUT2D eigenvalue weighted by atomic mass is 16.3. The molecule has 0 amide bonds. The first-order chi connectivity index (χ1) is 27.5. The average Bonchev–Trinajstić information content (AvgIpc) is 3.75. The maximum absolute atomic E-state index is 6.93. The number of benzene rings is 7. The number of anilines is 3. The largest absolute Gasteiger partial charge is 0.456 e. The maximum Gasteiger partial charge on any atom is 0.139 e. The smallest absolute Gasteiger partial charge is 0.139 e. The van der Waals surface area contributed by atoms with Crippen LogP contribution in [-0.2, 0) is 21.7 Å². The monoisotopic (exact) mass is 755 g/mol. The fraction of sp³-hybridized carbons (Fsp3) is 0.250. The Balaban J connectivity index is 1.16. The van der Waals surface area contributed by atoms with E-state index in [9.17, 15) is 0 Å². The Kier molecular flexibility index (Phi) is 7.75. The maximum atomic E-state index is 6.93. The Morgan fingerprint density at radius 3 is 1.71 bits per heavy atom. The normalized spacial score (nSPS) is 15.0. The molecule has 58 heavy (non-hydrogen) atoms. The summed E-state index contributed by atoms with van der Waals surface area (Å²) in [5.74, 6) is 0. The molecule has 2 aliphatic carbocycles. The van der Waals surface area contributed by atoms with Crippen molar-refractivity contribution in [2.24, 2.45) is 0 Å². The lowest BCUT2D eigenvalue weighted by Gasteiger charge is -2.29. The van der Waals surface area contributed by atoms with Crippen LogP contribution >= 0.6 is 0 Å². The first kappa shape index (κ1) is 36.5. The van der Waals surface area contributed by atoms with E-state index in [2.05, 4.69) is 214 Å². The van der Waals surface area contributed by atoms with Crippen molar-refractivity contribution in [3.63, 3.8) is 0 Å². The molecular weight excluding hydrogens is 703 g/mol. The van der Waals surface area contributed by atoms with Crippen LogP contribution < -0.4 is 4.90 Å². The van der Waals surface area contributed by atoms with Gasteiger partial charge in [-0.25, -0.2) is 0 Å². The van der Waals surface area contributed by atoms with E-state index in [1.165, 1.54) is 77.5 Å². The van der Waals surface area contributed by atoms with Crippen molar-refractivity contribution in [1.82, 2.24) is 0 Å². The van der Waals surface area contributed by atoms with E-state index in [0.717, 1.165) is 28.2 Å². The number of fused-ring (bicyclic) bond motifs is 9. The standard InChI is InChI=1S/C56H53NO/c1-53(2,3)36-28-45-44-32-49-43(33-51(44)58-52(45)50(29-36)54(4,5)6)42-30-38(25-27-47(42)56(49,9)10)57(37-22-20-35(21-23-37)34-16-12-11-13-17-34)39-24-26-41-40-18-14-15-19-46(40)55(7,8)48(41)31-39/h11-33H,1-10H3. The van der Waals surface area contributed by atoms with E-state index in [1.807, 2.05) is 0 Å². The summed E-state index contributed by atoms with van der Waals surface area (Å²) >= 11 is 0. The van der Waals surface area contributed by atoms with Crippen LogP contribution in [0.25, 0.3) is 55.3 Å². The Morgan fingerprint density at radius 1 is 0.431 bits per heavy atom. The Bertz CT molecular complexity index is 2940. The second-order valence-corrected chi connectivity index (χ2v) is 19.9. The summed E-state index contributed by atoms with van der Waals surface area (Å²) in [6.07, 6.45) is 0. The van der Waals surface area contributed by atoms with Crippen LogP contribution in [0.15, 0.2) is 144 Å². The Hall–Kier alpha value is -5.86. The van der Waals surface area contributed by atoms with Crippen LogP contribution in [0.5, 0.6) is 0 Å². The third kappa shape index (κ3) is 5.44. The number of nitrogens with zero attached hydrogens (tertiary/aromatic N) is 1. The third-order valence-corrected chi connectivity index (χ3v) is 13.3. The summed E-state index contributed by atoms with van der Waals surface area (Å²) in [6, 6.07) is 52.3. The molecule has 0 spiro atoms. The second-order valence-electron chi connectivity index (χ2n) is 19.9. The molecule has 10 rings (SSSR count). The molecule has 7 aromatic carbocycles. The van der Waals surface area contributed by atoms with Gasteiger partial charge in [0, 0.05) is 44.2 Å². The number of hydrogen-bond donors (Lipinski definition) is 0. The number of rotatable bonds is 4. The van der Waals surface area contributed by atoms with E-state index < -0.39 is 0 Å². The van der Waals surface area contributed by atoms with Crippen molar-refractivity contribution in [1.29, 1.82) is 0 Å². The summed E-state index contributed by atoms with van der Waals surface area (Å²) < 4.78 is 6.93. The van der Waals surface area contributed by atoms with Crippen LogP contribution in [0.4, 0.5) is 17.1 Å². The molecule has 0 aliphatic heterocycles. The lowest BCUT2D eigenvalue weighted by molar-refractivity contribution is 0.559. The molecule has 8 aromatic rings. The highest BCUT2D eigenvalue weighted by Gasteiger charge is 2.39. The van der Waals surface area contributed by atoms with E-state index in [-0.39, 0.29) is 21.7 Å². The van der Waals surface area contributed by atoms with Gasteiger partial charge in [0.25, 0.3) is 0 Å². The molecule has 2 aliphatic rings. The molecule has 2 heteroatoms. The van der Waals surface area contributed by atoms with E-state index in [0.29, 0.717) is 0 Å². The fourth-order valence-corrected chi connectivity index (χ4v) is 9.95. The van der Waals surface area contributed by atoms with Gasteiger partial charge in [-0.1, -0.05) is 154 Å². The zero-order valence-corrected chi connectivity index (χ0v) is 35.6. The molecule has 288 valence electrons. The van der Waals surface area contributed by atoms with Crippen molar-refractivity contribution >= 4 is 39.0 Å². The molecule has 0 atom stereocenters. The minimum absolute atomic E-state index is 0.0206. The number of furan rings is 1. The molecule has 0 fully saturated rings. The van der Waals surface area contributed by atoms with Crippen LogP contribution in [-0.4, -0.2) is 0 Å². The first-order valence-electron chi connectivity index (χ1n) is 20.9. The van der Waals surface area contributed by atoms with Gasteiger partial charge >= 0.3 is 0 Å². The summed E-state index contributed by atoms with van der Waals surface area (Å²) in [5, 5.41) is 2.42. The summed E-state index contributed by atoms with van der Waals surface area (Å²) in [5.41, 5.74) is 20.7. The van der Waals surface area contributed by atoms with Crippen LogP contribution in [0.2, 0.25) is 0 Å². The third-order valence-electron chi connectivity index (χ3n) is 13.3. The predicted molar refractivity (Wildman–Crippen MR) is 246 cm³/mol. The van der Waals surface area contributed by atoms with Gasteiger partial charge in [-0.05, 0) is 127 Å². The lowest BCUT2D eigenvalue weighted by Crippen LogP contribution is -2.17. The van der Waals surface area contributed by atoms with Gasteiger partial charge < -0.3 is 9.32 Å². The zero-order valence-electron chi connectivity index (χ0n) is 35.6. The Labute approximate surface area is 344 Å². The number of hydrogen-bond acceptors (Lipinski definition) is 2. The van der Waals surface area contributed by atoms with Gasteiger partial charge in [-0.2, -0.15) is 0 Å². The SMILES string of the molecule is CC(C)(C)c1cc(C(C)(C)C)c2oc3cc4c(cc3c2c1)C(C)(C)c1ccc(N(c2ccc(-c3ccccc3)cc2)c2ccc3c(c2)C(C)(C)c2ccccc2-3)cc1-4. The topological polar surface area (TPSA) is 16.4 Å². The molecule has 0 radical (unpaired) electrons. The molecule has 1 heterocycles. The first-order valence-corrected chi connectivity index (χ1v) is 20.9. The molecule has 0 bridgehead atoms. The molecule has 2 nitrogen and oxygen atoms in total. The molecule has 1 aromatic heterocycles. The van der Waals surface area contributed by atoms with Gasteiger partial charge in [-0.3, -0.25) is 0 Å². The minimum atomic E-state index is -0.180. The fourth-order valence-electron chi connectivity index (χ4n) is 9.95. The average molecular weight is 756 g/mol. The molecular formula is C56H53NO. The van der Waals surface area contributed by atoms with Gasteiger partial charge in [-0.15, -0.1) is 0 Å². The second kappa shape index (κ2) is 12.3. The van der Waals surface area contributed by atoms with Gasteiger partial charge in [0.15, 0.2) is 0 Å². The van der Waals surface area contributed by atoms with Crippen molar-refractivity contribution < 1.29 is 4.42 Å². The molecule has 0 saturated heterocycles. The molecule has 0 saturated carbocycles. The Morgan fingerprint density at radius 2 is 1.00 bits per heavy atom. The van der Waals surface area contributed by atoms with Crippen LogP contribution in [0.3, 0.4) is 0 Å². The summed E-state index contributed by atoms with van der Waals surface area (Å²) in [6.45, 7) is 23.3. The van der Waals surface area contributed by atoms with Crippen molar-refractivity contribution in [3.05, 3.63) is 173 Å². The lowest BCUT2D eigenvalue weighted by atomic mass is 9.79. The summed E-state index contributed by atoms with van der Waals surface area (Å²) in [4.78, 5) is 2.45. The highest BCUT2D eigenvalue weighted by Crippen LogP contribution is 2.54. The van der Waals surface area contributed by atoms with Crippen molar-refractivity contribution in [3.8, 4) is 33.4 Å². The van der Waals surface area contributed by atoms with E-state index >= 15 is 0 Å².